The first kappa shape index (κ1) is 28.5. The van der Waals surface area contributed by atoms with Crippen molar-refractivity contribution in [3.63, 3.8) is 0 Å². The minimum Gasteiger partial charge on any atom is -0.293 e. The van der Waals surface area contributed by atoms with Gasteiger partial charge in [-0.25, -0.2) is 15.4 Å². The van der Waals surface area contributed by atoms with Crippen molar-refractivity contribution in [2.24, 2.45) is 5.10 Å². The van der Waals surface area contributed by atoms with E-state index in [1.54, 1.807) is 12.1 Å². The number of aromatic nitrogens is 3. The highest BCUT2D eigenvalue weighted by atomic mass is 32.2. The Morgan fingerprint density at radius 3 is 2.23 bits per heavy atom. The molecule has 1 amide bonds. The number of carbonyl (C=O) groups excluding carboxylic acids is 1. The molecule has 0 saturated carbocycles. The van der Waals surface area contributed by atoms with Crippen LogP contribution in [0.15, 0.2) is 126 Å². The van der Waals surface area contributed by atoms with Crippen LogP contribution in [0.3, 0.4) is 0 Å². The molecule has 44 heavy (non-hydrogen) atoms. The SMILES string of the molecule is Cc1ccc(-n2c(-c3ccccc3)c(-c3ccccc3)c3c(SCC(=O)N/N=C/c4ccc([N+](=O)[O-])cc4)ncnc32)cc1. The highest BCUT2D eigenvalue weighted by molar-refractivity contribution is 8.00. The van der Waals surface area contributed by atoms with Gasteiger partial charge in [0.2, 0.25) is 5.91 Å². The number of non-ortho nitro benzene ring substituents is 1. The van der Waals surface area contributed by atoms with Crippen molar-refractivity contribution >= 4 is 40.6 Å². The van der Waals surface area contributed by atoms with Gasteiger partial charge in [0.05, 0.1) is 28.0 Å². The summed E-state index contributed by atoms with van der Waals surface area (Å²) in [5, 5.41) is 16.4. The van der Waals surface area contributed by atoms with Gasteiger partial charge in [-0.15, -0.1) is 0 Å². The number of nitrogens with one attached hydrogen (secondary N) is 1. The molecule has 0 aliphatic rings. The number of nitro benzene ring substituents is 1. The molecule has 4 aromatic carbocycles. The molecule has 9 nitrogen and oxygen atoms in total. The Balaban J connectivity index is 1.39. The van der Waals surface area contributed by atoms with E-state index >= 15 is 0 Å². The van der Waals surface area contributed by atoms with Gasteiger partial charge in [-0.05, 0) is 47.9 Å². The predicted molar refractivity (Wildman–Crippen MR) is 174 cm³/mol. The molecular formula is C34H26N6O3S. The van der Waals surface area contributed by atoms with Crippen LogP contribution in [0.1, 0.15) is 11.1 Å². The second kappa shape index (κ2) is 12.7. The fourth-order valence-corrected chi connectivity index (χ4v) is 5.71. The first-order chi connectivity index (χ1) is 21.5. The molecule has 0 atom stereocenters. The van der Waals surface area contributed by atoms with Gasteiger partial charge in [0.25, 0.3) is 5.69 Å². The summed E-state index contributed by atoms with van der Waals surface area (Å²) >= 11 is 1.31. The predicted octanol–water partition coefficient (Wildman–Crippen LogP) is 7.21. The Morgan fingerprint density at radius 2 is 1.57 bits per heavy atom. The molecule has 0 aliphatic carbocycles. The van der Waals surface area contributed by atoms with E-state index in [4.69, 9.17) is 4.98 Å². The van der Waals surface area contributed by atoms with E-state index in [1.807, 2.05) is 36.4 Å². The molecule has 0 bridgehead atoms. The monoisotopic (exact) mass is 598 g/mol. The lowest BCUT2D eigenvalue weighted by atomic mass is 9.99. The lowest BCUT2D eigenvalue weighted by Gasteiger charge is -2.13. The van der Waals surface area contributed by atoms with E-state index in [2.05, 4.69) is 75.5 Å². The van der Waals surface area contributed by atoms with E-state index in [1.165, 1.54) is 36.4 Å². The van der Waals surface area contributed by atoms with Crippen LogP contribution in [0.2, 0.25) is 0 Å². The number of rotatable bonds is 9. The Bertz CT molecular complexity index is 1970. The van der Waals surface area contributed by atoms with Crippen molar-refractivity contribution < 1.29 is 9.72 Å². The zero-order valence-electron chi connectivity index (χ0n) is 23.6. The first-order valence-corrected chi connectivity index (χ1v) is 14.7. The molecule has 0 radical (unpaired) electrons. The third kappa shape index (κ3) is 5.97. The van der Waals surface area contributed by atoms with E-state index in [-0.39, 0.29) is 17.3 Å². The molecule has 216 valence electrons. The maximum absolute atomic E-state index is 12.8. The number of benzene rings is 4. The molecule has 2 aromatic heterocycles. The molecule has 6 rings (SSSR count). The number of fused-ring (bicyclic) bond motifs is 1. The van der Waals surface area contributed by atoms with E-state index in [9.17, 15) is 14.9 Å². The molecule has 0 spiro atoms. The van der Waals surface area contributed by atoms with E-state index in [0.717, 1.165) is 44.7 Å². The first-order valence-electron chi connectivity index (χ1n) is 13.8. The average molecular weight is 599 g/mol. The van der Waals surface area contributed by atoms with E-state index < -0.39 is 4.92 Å². The van der Waals surface area contributed by atoms with Gasteiger partial charge in [-0.3, -0.25) is 19.5 Å². The number of nitro groups is 1. The van der Waals surface area contributed by atoms with Crippen molar-refractivity contribution in [2.75, 3.05) is 5.75 Å². The Hall–Kier alpha value is -5.61. The Labute approximate surface area is 257 Å². The summed E-state index contributed by atoms with van der Waals surface area (Å²) in [4.78, 5) is 32.6. The van der Waals surface area contributed by atoms with Crippen LogP contribution in [0, 0.1) is 17.0 Å². The van der Waals surface area contributed by atoms with Crippen LogP contribution in [0.25, 0.3) is 39.1 Å². The van der Waals surface area contributed by atoms with Crippen LogP contribution in [-0.4, -0.2) is 37.3 Å². The maximum Gasteiger partial charge on any atom is 0.269 e. The van der Waals surface area contributed by atoms with Crippen molar-refractivity contribution in [1.29, 1.82) is 0 Å². The number of nitrogens with zero attached hydrogens (tertiary/aromatic N) is 5. The second-order valence-electron chi connectivity index (χ2n) is 9.93. The minimum absolute atomic E-state index is 0.0137. The van der Waals surface area contributed by atoms with Gasteiger partial charge >= 0.3 is 0 Å². The second-order valence-corrected chi connectivity index (χ2v) is 10.9. The highest BCUT2D eigenvalue weighted by Crippen LogP contribution is 2.44. The standard InChI is InChI=1S/C34H26N6O3S/c1-23-12-16-27(17-13-23)39-32(26-10-6-3-7-11-26)30(25-8-4-2-5-9-25)31-33(39)35-22-36-34(31)44-21-29(41)38-37-20-24-14-18-28(19-15-24)40(42)43/h2-20,22H,21H2,1H3,(H,38,41)/b37-20+. The number of hydrogen-bond acceptors (Lipinski definition) is 7. The van der Waals surface area contributed by atoms with Crippen LogP contribution >= 0.6 is 11.8 Å². The molecular weight excluding hydrogens is 572 g/mol. The quantitative estimate of drug-likeness (QED) is 0.0618. The topological polar surface area (TPSA) is 115 Å². The minimum atomic E-state index is -0.467. The lowest BCUT2D eigenvalue weighted by Crippen LogP contribution is -2.19. The fraction of sp³-hybridized carbons (Fsp3) is 0.0588. The largest absolute Gasteiger partial charge is 0.293 e. The van der Waals surface area contributed by atoms with Crippen molar-refractivity contribution in [3.8, 4) is 28.1 Å². The molecule has 6 aromatic rings. The van der Waals surface area contributed by atoms with E-state index in [0.29, 0.717) is 10.6 Å². The molecule has 1 N–H and O–H groups in total. The molecule has 0 fully saturated rings. The Kier molecular flexibility index (Phi) is 8.24. The summed E-state index contributed by atoms with van der Waals surface area (Å²) < 4.78 is 2.16. The average Bonchev–Trinajstić information content (AvgIpc) is 3.41. The van der Waals surface area contributed by atoms with Gasteiger partial charge in [0.1, 0.15) is 17.0 Å². The van der Waals surface area contributed by atoms with Crippen molar-refractivity contribution in [2.45, 2.75) is 11.9 Å². The van der Waals surface area contributed by atoms with Gasteiger partial charge in [0.15, 0.2) is 0 Å². The van der Waals surface area contributed by atoms with Gasteiger partial charge in [0, 0.05) is 23.4 Å². The van der Waals surface area contributed by atoms with Crippen LogP contribution in [0.4, 0.5) is 5.69 Å². The number of thioether (sulfide) groups is 1. The van der Waals surface area contributed by atoms with Crippen LogP contribution in [0.5, 0.6) is 0 Å². The van der Waals surface area contributed by atoms with Gasteiger partial charge < -0.3 is 0 Å². The number of hydrogen-bond donors (Lipinski definition) is 1. The van der Waals surface area contributed by atoms with Crippen molar-refractivity contribution in [1.82, 2.24) is 20.0 Å². The van der Waals surface area contributed by atoms with Crippen LogP contribution < -0.4 is 5.43 Å². The highest BCUT2D eigenvalue weighted by Gasteiger charge is 2.25. The fourth-order valence-electron chi connectivity index (χ4n) is 4.92. The molecule has 0 saturated heterocycles. The zero-order valence-corrected chi connectivity index (χ0v) is 24.4. The Morgan fingerprint density at radius 1 is 0.909 bits per heavy atom. The lowest BCUT2D eigenvalue weighted by molar-refractivity contribution is -0.384. The summed E-state index contributed by atoms with van der Waals surface area (Å²) in [5.41, 5.74) is 10.0. The zero-order chi connectivity index (χ0) is 30.5. The van der Waals surface area contributed by atoms with Crippen molar-refractivity contribution in [3.05, 3.63) is 137 Å². The normalized spacial score (nSPS) is 11.2. The summed E-state index contributed by atoms with van der Waals surface area (Å²) in [6.45, 7) is 2.06. The number of hydrazone groups is 1. The molecule has 10 heteroatoms. The third-order valence-electron chi connectivity index (χ3n) is 6.96. The third-order valence-corrected chi connectivity index (χ3v) is 7.95. The summed E-state index contributed by atoms with van der Waals surface area (Å²) in [6.07, 6.45) is 2.97. The molecule has 0 aliphatic heterocycles. The molecule has 2 heterocycles. The number of aryl methyl sites for hydroxylation is 1. The summed E-state index contributed by atoms with van der Waals surface area (Å²) in [6, 6.07) is 34.6. The van der Waals surface area contributed by atoms with Crippen LogP contribution in [-0.2, 0) is 4.79 Å². The maximum atomic E-state index is 12.8. The number of amides is 1. The van der Waals surface area contributed by atoms with Gasteiger partial charge in [-0.2, -0.15) is 5.10 Å². The smallest absolute Gasteiger partial charge is 0.269 e. The van der Waals surface area contributed by atoms with Gasteiger partial charge in [-0.1, -0.05) is 90.1 Å². The number of carbonyl (C=O) groups is 1. The summed E-state index contributed by atoms with van der Waals surface area (Å²) in [7, 11) is 0. The summed E-state index contributed by atoms with van der Waals surface area (Å²) in [5.74, 6) is -0.253. The molecule has 0 unspecified atom stereocenters.